The third-order valence-electron chi connectivity index (χ3n) is 3.17. The van der Waals surface area contributed by atoms with Crippen molar-refractivity contribution in [3.63, 3.8) is 0 Å². The highest BCUT2D eigenvalue weighted by Crippen LogP contribution is 2.18. The van der Waals surface area contributed by atoms with Crippen molar-refractivity contribution in [2.45, 2.75) is 25.1 Å². The molecule has 8 heteroatoms. The zero-order chi connectivity index (χ0) is 14.0. The SMILES string of the molecule is Cn1nccc1CNC(=O)N1C[C@H](O)C[C@@H]1C(=O)O. The van der Waals surface area contributed by atoms with Gasteiger partial charge >= 0.3 is 12.0 Å². The van der Waals surface area contributed by atoms with Crippen molar-refractivity contribution in [2.24, 2.45) is 7.05 Å². The molecule has 1 saturated heterocycles. The molecular formula is C11H16N4O4. The lowest BCUT2D eigenvalue weighted by molar-refractivity contribution is -0.141. The Morgan fingerprint density at radius 2 is 2.32 bits per heavy atom. The molecule has 0 saturated carbocycles. The molecule has 0 aliphatic carbocycles. The van der Waals surface area contributed by atoms with Crippen molar-refractivity contribution in [1.82, 2.24) is 20.0 Å². The van der Waals surface area contributed by atoms with Gasteiger partial charge in [0, 0.05) is 26.2 Å². The number of carbonyl (C=O) groups excluding carboxylic acids is 1. The minimum Gasteiger partial charge on any atom is -0.480 e. The highest BCUT2D eigenvalue weighted by atomic mass is 16.4. The van der Waals surface area contributed by atoms with Crippen LogP contribution in [0, 0.1) is 0 Å². The third-order valence-corrected chi connectivity index (χ3v) is 3.17. The molecule has 1 aliphatic heterocycles. The number of likely N-dealkylation sites (tertiary alicyclic amines) is 1. The summed E-state index contributed by atoms with van der Waals surface area (Å²) in [6.07, 6.45) is 0.888. The number of hydrogen-bond acceptors (Lipinski definition) is 4. The summed E-state index contributed by atoms with van der Waals surface area (Å²) in [6, 6.07) is 0.292. The number of nitrogens with zero attached hydrogens (tertiary/aromatic N) is 3. The number of amides is 2. The van der Waals surface area contributed by atoms with E-state index in [0.717, 1.165) is 10.6 Å². The van der Waals surface area contributed by atoms with Crippen LogP contribution in [-0.2, 0) is 18.4 Å². The third kappa shape index (κ3) is 2.84. The number of aliphatic hydroxyl groups excluding tert-OH is 1. The fraction of sp³-hybridized carbons (Fsp3) is 0.545. The van der Waals surface area contributed by atoms with Gasteiger partial charge < -0.3 is 20.4 Å². The standard InChI is InChI=1S/C11H16N4O4/c1-14-7(2-3-13-14)5-12-11(19)15-6-8(16)4-9(15)10(17)18/h2-3,8-9,16H,4-6H2,1H3,(H,12,19)(H,17,18)/t8-,9-/m1/s1. The van der Waals surface area contributed by atoms with Gasteiger partial charge in [0.05, 0.1) is 18.3 Å². The molecule has 19 heavy (non-hydrogen) atoms. The Morgan fingerprint density at radius 1 is 1.58 bits per heavy atom. The van der Waals surface area contributed by atoms with Crippen molar-refractivity contribution >= 4 is 12.0 Å². The van der Waals surface area contributed by atoms with Gasteiger partial charge in [0.25, 0.3) is 0 Å². The topological polar surface area (TPSA) is 108 Å². The van der Waals surface area contributed by atoms with E-state index in [1.165, 1.54) is 0 Å². The molecule has 2 atom stereocenters. The Morgan fingerprint density at radius 3 is 2.89 bits per heavy atom. The fourth-order valence-electron chi connectivity index (χ4n) is 2.11. The number of aliphatic hydroxyl groups is 1. The number of carboxylic acids is 1. The van der Waals surface area contributed by atoms with Crippen LogP contribution in [0.4, 0.5) is 4.79 Å². The normalized spacial score (nSPS) is 22.5. The molecule has 0 radical (unpaired) electrons. The molecule has 3 N–H and O–H groups in total. The van der Waals surface area contributed by atoms with E-state index in [0.29, 0.717) is 0 Å². The molecule has 2 rings (SSSR count). The molecule has 1 aromatic heterocycles. The lowest BCUT2D eigenvalue weighted by Gasteiger charge is -2.21. The first-order chi connectivity index (χ1) is 8.99. The molecule has 0 unspecified atom stereocenters. The average molecular weight is 268 g/mol. The Bertz CT molecular complexity index is 487. The smallest absolute Gasteiger partial charge is 0.326 e. The number of aliphatic carboxylic acids is 1. The number of β-amino-alcohol motifs (C(OH)–C–C–N with tert-alkyl or cyclic N) is 1. The van der Waals surface area contributed by atoms with Crippen LogP contribution in [0.25, 0.3) is 0 Å². The van der Waals surface area contributed by atoms with Gasteiger partial charge in [-0.15, -0.1) is 0 Å². The lowest BCUT2D eigenvalue weighted by atomic mass is 10.2. The van der Waals surface area contributed by atoms with Gasteiger partial charge in [0.2, 0.25) is 0 Å². The maximum atomic E-state index is 11.9. The zero-order valence-electron chi connectivity index (χ0n) is 10.5. The molecule has 0 bridgehead atoms. The summed E-state index contributed by atoms with van der Waals surface area (Å²) in [7, 11) is 1.75. The molecule has 0 spiro atoms. The average Bonchev–Trinajstić information content (AvgIpc) is 2.92. The number of carboxylic acid groups (broad SMARTS) is 1. The van der Waals surface area contributed by atoms with Gasteiger partial charge in [-0.25, -0.2) is 9.59 Å². The summed E-state index contributed by atoms with van der Waals surface area (Å²) in [6.45, 7) is 0.294. The fourth-order valence-corrected chi connectivity index (χ4v) is 2.11. The largest absolute Gasteiger partial charge is 0.480 e. The molecule has 2 amide bonds. The summed E-state index contributed by atoms with van der Waals surface area (Å²) in [5, 5.41) is 25.1. The zero-order valence-corrected chi connectivity index (χ0v) is 10.5. The quantitative estimate of drug-likeness (QED) is 0.662. The monoisotopic (exact) mass is 268 g/mol. The van der Waals surface area contributed by atoms with Crippen LogP contribution >= 0.6 is 0 Å². The molecule has 1 aromatic rings. The first-order valence-corrected chi connectivity index (χ1v) is 5.91. The van der Waals surface area contributed by atoms with Crippen LogP contribution in [0.3, 0.4) is 0 Å². The first kappa shape index (κ1) is 13.3. The van der Waals surface area contributed by atoms with Crippen LogP contribution in [0.5, 0.6) is 0 Å². The number of nitrogens with one attached hydrogen (secondary N) is 1. The number of urea groups is 1. The Labute approximate surface area is 109 Å². The van der Waals surface area contributed by atoms with E-state index in [4.69, 9.17) is 5.11 Å². The van der Waals surface area contributed by atoms with Gasteiger partial charge in [0.1, 0.15) is 6.04 Å². The Hall–Kier alpha value is -2.09. The van der Waals surface area contributed by atoms with Crippen molar-refractivity contribution in [3.05, 3.63) is 18.0 Å². The highest BCUT2D eigenvalue weighted by molar-refractivity contribution is 5.83. The van der Waals surface area contributed by atoms with Gasteiger partial charge in [-0.2, -0.15) is 5.10 Å². The number of aromatic nitrogens is 2. The first-order valence-electron chi connectivity index (χ1n) is 5.91. The summed E-state index contributed by atoms with van der Waals surface area (Å²) in [4.78, 5) is 24.1. The van der Waals surface area contributed by atoms with Crippen molar-refractivity contribution in [3.8, 4) is 0 Å². The van der Waals surface area contributed by atoms with Crippen LogP contribution < -0.4 is 5.32 Å². The summed E-state index contributed by atoms with van der Waals surface area (Å²) >= 11 is 0. The number of rotatable bonds is 3. The minimum absolute atomic E-state index is 0.0359. The Balaban J connectivity index is 1.96. The summed E-state index contributed by atoms with van der Waals surface area (Å²) < 4.78 is 1.62. The van der Waals surface area contributed by atoms with Crippen LogP contribution in [0.2, 0.25) is 0 Å². The summed E-state index contributed by atoms with van der Waals surface area (Å²) in [5.41, 5.74) is 0.806. The minimum atomic E-state index is -1.10. The van der Waals surface area contributed by atoms with Crippen molar-refractivity contribution in [1.29, 1.82) is 0 Å². The van der Waals surface area contributed by atoms with Crippen molar-refractivity contribution in [2.75, 3.05) is 6.54 Å². The highest BCUT2D eigenvalue weighted by Gasteiger charge is 2.38. The number of hydrogen-bond donors (Lipinski definition) is 3. The summed E-state index contributed by atoms with van der Waals surface area (Å²) in [5.74, 6) is -1.10. The molecule has 1 fully saturated rings. The van der Waals surface area contributed by atoms with Crippen LogP contribution in [0.1, 0.15) is 12.1 Å². The molecule has 1 aliphatic rings. The maximum Gasteiger partial charge on any atom is 0.326 e. The van der Waals surface area contributed by atoms with E-state index in [1.807, 2.05) is 0 Å². The maximum absolute atomic E-state index is 11.9. The van der Waals surface area contributed by atoms with E-state index >= 15 is 0 Å². The molecule has 2 heterocycles. The number of aryl methyl sites for hydroxylation is 1. The van der Waals surface area contributed by atoms with Gasteiger partial charge in [-0.1, -0.05) is 0 Å². The predicted molar refractivity (Wildman–Crippen MR) is 64.2 cm³/mol. The number of carbonyl (C=O) groups is 2. The van der Waals surface area contributed by atoms with E-state index in [-0.39, 0.29) is 19.5 Å². The second kappa shape index (κ2) is 5.27. The van der Waals surface area contributed by atoms with Crippen molar-refractivity contribution < 1.29 is 19.8 Å². The molecule has 104 valence electrons. The van der Waals surface area contributed by atoms with Crippen LogP contribution in [-0.4, -0.2) is 55.6 Å². The van der Waals surface area contributed by atoms with Gasteiger partial charge in [-0.3, -0.25) is 4.68 Å². The van der Waals surface area contributed by atoms with Gasteiger partial charge in [-0.05, 0) is 6.07 Å². The Kier molecular flexibility index (Phi) is 3.70. The molecule has 0 aromatic carbocycles. The van der Waals surface area contributed by atoms with E-state index in [2.05, 4.69) is 10.4 Å². The molecular weight excluding hydrogens is 252 g/mol. The van der Waals surface area contributed by atoms with E-state index in [9.17, 15) is 14.7 Å². The molecule has 8 nitrogen and oxygen atoms in total. The van der Waals surface area contributed by atoms with Crippen LogP contribution in [0.15, 0.2) is 12.3 Å². The second-order valence-electron chi connectivity index (χ2n) is 4.50. The van der Waals surface area contributed by atoms with E-state index < -0.39 is 24.1 Å². The van der Waals surface area contributed by atoms with E-state index in [1.54, 1.807) is 24.0 Å². The van der Waals surface area contributed by atoms with Gasteiger partial charge in [0.15, 0.2) is 0 Å². The lowest BCUT2D eigenvalue weighted by Crippen LogP contribution is -2.46. The second-order valence-corrected chi connectivity index (χ2v) is 4.50. The predicted octanol–water partition coefficient (Wildman–Crippen LogP) is -0.850.